The number of piperidine rings is 1. The number of aromatic nitrogens is 1. The van der Waals surface area contributed by atoms with E-state index in [9.17, 15) is 0 Å². The predicted molar refractivity (Wildman–Crippen MR) is 109 cm³/mol. The second kappa shape index (κ2) is 10.9. The first-order valence-electron chi connectivity index (χ1n) is 10.3. The Hall–Kier alpha value is -2.07. The number of methoxy groups -OCH3 is 1. The van der Waals surface area contributed by atoms with Crippen LogP contribution in [0.15, 0.2) is 48.8 Å². The molecule has 0 radical (unpaired) electrons. The van der Waals surface area contributed by atoms with E-state index in [0.717, 1.165) is 24.5 Å². The lowest BCUT2D eigenvalue weighted by Crippen LogP contribution is -2.34. The lowest BCUT2D eigenvalue weighted by Gasteiger charge is -2.36. The summed E-state index contributed by atoms with van der Waals surface area (Å²) in [6, 6.07) is 12.7. The maximum atomic E-state index is 5.82. The fourth-order valence-corrected chi connectivity index (χ4v) is 3.86. The van der Waals surface area contributed by atoms with E-state index >= 15 is 0 Å². The Bertz CT molecular complexity index is 662. The van der Waals surface area contributed by atoms with Crippen LogP contribution in [0.3, 0.4) is 0 Å². The molecule has 1 aromatic carbocycles. The van der Waals surface area contributed by atoms with Crippen molar-refractivity contribution in [1.29, 1.82) is 0 Å². The molecular weight excluding hydrogens is 336 g/mol. The fraction of sp³-hybridized carbons (Fsp3) is 0.522. The number of hydrogen-bond acceptors (Lipinski definition) is 4. The number of rotatable bonds is 10. The number of unbranched alkanes of at least 4 members (excludes halogenated alkanes) is 3. The van der Waals surface area contributed by atoms with Gasteiger partial charge in [-0.1, -0.05) is 31.4 Å². The summed E-state index contributed by atoms with van der Waals surface area (Å²) < 4.78 is 11.0. The van der Waals surface area contributed by atoms with Gasteiger partial charge in [-0.15, -0.1) is 0 Å². The minimum atomic E-state index is 0.559. The molecule has 4 nitrogen and oxygen atoms in total. The fourth-order valence-electron chi connectivity index (χ4n) is 3.86. The number of hydrogen-bond donors (Lipinski definition) is 0. The summed E-state index contributed by atoms with van der Waals surface area (Å²) >= 11 is 0. The SMILES string of the molecule is COc1cccc(OCCCCCCN2CCCCC2c2cccnc2)c1. The van der Waals surface area contributed by atoms with Crippen LogP contribution in [0.2, 0.25) is 0 Å². The average molecular weight is 369 g/mol. The zero-order valence-electron chi connectivity index (χ0n) is 16.5. The molecule has 0 amide bonds. The van der Waals surface area contributed by atoms with Gasteiger partial charge < -0.3 is 9.47 Å². The highest BCUT2D eigenvalue weighted by atomic mass is 16.5. The van der Waals surface area contributed by atoms with E-state index in [4.69, 9.17) is 9.47 Å². The van der Waals surface area contributed by atoms with Crippen LogP contribution in [0.25, 0.3) is 0 Å². The van der Waals surface area contributed by atoms with Gasteiger partial charge in [-0.25, -0.2) is 0 Å². The van der Waals surface area contributed by atoms with Gasteiger partial charge in [-0.2, -0.15) is 0 Å². The molecule has 4 heteroatoms. The Balaban J connectivity index is 1.32. The number of likely N-dealkylation sites (tertiary alicyclic amines) is 1. The van der Waals surface area contributed by atoms with Crippen molar-refractivity contribution in [3.05, 3.63) is 54.4 Å². The summed E-state index contributed by atoms with van der Waals surface area (Å²) in [6.07, 6.45) is 12.7. The Morgan fingerprint density at radius 3 is 2.78 bits per heavy atom. The van der Waals surface area contributed by atoms with E-state index in [1.807, 2.05) is 36.7 Å². The summed E-state index contributed by atoms with van der Waals surface area (Å²) in [6.45, 7) is 3.18. The van der Waals surface area contributed by atoms with Crippen molar-refractivity contribution in [2.45, 2.75) is 51.0 Å². The Labute approximate surface area is 163 Å². The van der Waals surface area contributed by atoms with E-state index in [1.165, 1.54) is 57.2 Å². The molecule has 0 saturated carbocycles. The third kappa shape index (κ3) is 6.24. The molecule has 0 aliphatic carbocycles. The molecule has 0 spiro atoms. The van der Waals surface area contributed by atoms with Crippen LogP contribution in [0.5, 0.6) is 11.5 Å². The molecule has 27 heavy (non-hydrogen) atoms. The lowest BCUT2D eigenvalue weighted by atomic mass is 9.96. The number of benzene rings is 1. The molecule has 1 atom stereocenters. The first-order valence-corrected chi connectivity index (χ1v) is 10.3. The Morgan fingerprint density at radius 1 is 1.04 bits per heavy atom. The van der Waals surface area contributed by atoms with Crippen molar-refractivity contribution in [2.24, 2.45) is 0 Å². The zero-order chi connectivity index (χ0) is 18.7. The van der Waals surface area contributed by atoms with Crippen LogP contribution in [0.1, 0.15) is 56.6 Å². The molecule has 1 unspecified atom stereocenters. The monoisotopic (exact) mass is 368 g/mol. The van der Waals surface area contributed by atoms with Gasteiger partial charge in [0.15, 0.2) is 0 Å². The molecule has 1 aromatic heterocycles. The van der Waals surface area contributed by atoms with E-state index < -0.39 is 0 Å². The van der Waals surface area contributed by atoms with Gasteiger partial charge in [0, 0.05) is 24.5 Å². The van der Waals surface area contributed by atoms with Gasteiger partial charge in [0.2, 0.25) is 0 Å². The summed E-state index contributed by atoms with van der Waals surface area (Å²) in [4.78, 5) is 6.97. The lowest BCUT2D eigenvalue weighted by molar-refractivity contribution is 0.145. The average Bonchev–Trinajstić information content (AvgIpc) is 2.74. The van der Waals surface area contributed by atoms with Crippen LogP contribution < -0.4 is 9.47 Å². The van der Waals surface area contributed by atoms with E-state index in [2.05, 4.69) is 22.0 Å². The van der Waals surface area contributed by atoms with Crippen LogP contribution in [-0.4, -0.2) is 36.7 Å². The number of ether oxygens (including phenoxy) is 2. The quantitative estimate of drug-likeness (QED) is 0.536. The normalized spacial score (nSPS) is 17.6. The Kier molecular flexibility index (Phi) is 7.97. The van der Waals surface area contributed by atoms with Gasteiger partial charge in [-0.05, 0) is 62.5 Å². The smallest absolute Gasteiger partial charge is 0.122 e. The predicted octanol–water partition coefficient (Wildman–Crippen LogP) is 5.26. The van der Waals surface area contributed by atoms with Crippen LogP contribution in [-0.2, 0) is 0 Å². The van der Waals surface area contributed by atoms with Crippen LogP contribution >= 0.6 is 0 Å². The number of pyridine rings is 1. The van der Waals surface area contributed by atoms with Crippen molar-refractivity contribution >= 4 is 0 Å². The molecule has 2 heterocycles. The molecule has 146 valence electrons. The molecule has 3 rings (SSSR count). The minimum absolute atomic E-state index is 0.559. The molecule has 1 saturated heterocycles. The molecule has 1 aliphatic heterocycles. The van der Waals surface area contributed by atoms with Crippen LogP contribution in [0.4, 0.5) is 0 Å². The number of nitrogens with zero attached hydrogens (tertiary/aromatic N) is 2. The third-order valence-corrected chi connectivity index (χ3v) is 5.33. The molecule has 2 aromatic rings. The van der Waals surface area contributed by atoms with Gasteiger partial charge in [0.05, 0.1) is 13.7 Å². The maximum absolute atomic E-state index is 5.82. The highest BCUT2D eigenvalue weighted by molar-refractivity contribution is 5.32. The molecule has 1 fully saturated rings. The summed E-state index contributed by atoms with van der Waals surface area (Å²) in [5.74, 6) is 1.74. The Morgan fingerprint density at radius 2 is 1.93 bits per heavy atom. The second-order valence-corrected chi connectivity index (χ2v) is 7.28. The highest BCUT2D eigenvalue weighted by Crippen LogP contribution is 2.30. The van der Waals surface area contributed by atoms with Crippen LogP contribution in [0, 0.1) is 0 Å². The van der Waals surface area contributed by atoms with Crippen molar-refractivity contribution in [2.75, 3.05) is 26.8 Å². The summed E-state index contributed by atoms with van der Waals surface area (Å²) in [5.41, 5.74) is 1.38. The van der Waals surface area contributed by atoms with Gasteiger partial charge in [0.25, 0.3) is 0 Å². The summed E-state index contributed by atoms with van der Waals surface area (Å²) in [7, 11) is 1.68. The van der Waals surface area contributed by atoms with E-state index in [-0.39, 0.29) is 0 Å². The van der Waals surface area contributed by atoms with Gasteiger partial charge in [0.1, 0.15) is 11.5 Å². The van der Waals surface area contributed by atoms with Crippen molar-refractivity contribution < 1.29 is 9.47 Å². The van der Waals surface area contributed by atoms with Crippen molar-refractivity contribution in [1.82, 2.24) is 9.88 Å². The van der Waals surface area contributed by atoms with Crippen molar-refractivity contribution in [3.8, 4) is 11.5 Å². The summed E-state index contributed by atoms with van der Waals surface area (Å²) in [5, 5.41) is 0. The van der Waals surface area contributed by atoms with E-state index in [1.54, 1.807) is 7.11 Å². The molecule has 1 aliphatic rings. The molecule has 0 bridgehead atoms. The second-order valence-electron chi connectivity index (χ2n) is 7.28. The van der Waals surface area contributed by atoms with E-state index in [0.29, 0.717) is 6.04 Å². The zero-order valence-corrected chi connectivity index (χ0v) is 16.5. The largest absolute Gasteiger partial charge is 0.497 e. The highest BCUT2D eigenvalue weighted by Gasteiger charge is 2.23. The first-order chi connectivity index (χ1) is 13.4. The minimum Gasteiger partial charge on any atom is -0.497 e. The molecular formula is C23H32N2O2. The molecule has 0 N–H and O–H groups in total. The van der Waals surface area contributed by atoms with Gasteiger partial charge >= 0.3 is 0 Å². The van der Waals surface area contributed by atoms with Gasteiger partial charge in [-0.3, -0.25) is 9.88 Å². The topological polar surface area (TPSA) is 34.6 Å². The first kappa shape index (κ1) is 19.7. The third-order valence-electron chi connectivity index (χ3n) is 5.33. The van der Waals surface area contributed by atoms with Crippen molar-refractivity contribution in [3.63, 3.8) is 0 Å². The standard InChI is InChI=1S/C23H32N2O2/c1-26-21-11-8-12-22(18-21)27-17-7-3-2-5-15-25-16-6-4-13-23(25)20-10-9-14-24-19-20/h8-12,14,18-19,23H,2-7,13,15-17H2,1H3. The maximum Gasteiger partial charge on any atom is 0.122 e.